The Labute approximate surface area is 85.3 Å². The van der Waals surface area contributed by atoms with Crippen molar-refractivity contribution in [1.82, 2.24) is 0 Å². The Bertz CT molecular complexity index is 186. The summed E-state index contributed by atoms with van der Waals surface area (Å²) in [6.07, 6.45) is 9.28. The first kappa shape index (κ1) is 11.3. The van der Waals surface area contributed by atoms with E-state index in [1.807, 2.05) is 0 Å². The molecule has 0 amide bonds. The lowest BCUT2D eigenvalue weighted by Crippen LogP contribution is -1.86. The number of nitrogens with zero attached hydrogens (tertiary/aromatic N) is 3. The summed E-state index contributed by atoms with van der Waals surface area (Å²) in [5.41, 5.74) is 8.04. The van der Waals surface area contributed by atoms with E-state index in [1.165, 1.54) is 38.5 Å². The molecule has 1 saturated heterocycles. The van der Waals surface area contributed by atoms with Gasteiger partial charge in [-0.3, -0.25) is 0 Å². The second-order valence-corrected chi connectivity index (χ2v) is 3.82. The Morgan fingerprint density at radius 2 is 1.79 bits per heavy atom. The molecule has 14 heavy (non-hydrogen) atoms. The molecule has 0 aromatic carbocycles. The van der Waals surface area contributed by atoms with Crippen LogP contribution in [0.5, 0.6) is 0 Å². The molecule has 0 aliphatic carbocycles. The van der Waals surface area contributed by atoms with Gasteiger partial charge in [0.15, 0.2) is 0 Å². The molecule has 1 aliphatic heterocycles. The van der Waals surface area contributed by atoms with Gasteiger partial charge in [0.05, 0.1) is 12.7 Å². The molecular formula is C10H19N3O. The van der Waals surface area contributed by atoms with Crippen molar-refractivity contribution in [2.45, 2.75) is 51.0 Å². The van der Waals surface area contributed by atoms with Crippen LogP contribution >= 0.6 is 0 Å². The van der Waals surface area contributed by atoms with Crippen LogP contribution in [0.15, 0.2) is 5.11 Å². The minimum atomic E-state index is 0.597. The smallest absolute Gasteiger partial charge is 0.0810 e. The highest BCUT2D eigenvalue weighted by Crippen LogP contribution is 2.17. The maximum absolute atomic E-state index is 8.04. The minimum Gasteiger partial charge on any atom is -0.373 e. The number of ether oxygens (including phenoxy) is 1. The molecular weight excluding hydrogens is 178 g/mol. The summed E-state index contributed by atoms with van der Waals surface area (Å²) < 4.78 is 5.13. The normalized spacial score (nSPS) is 19.0. The average molecular weight is 197 g/mol. The van der Waals surface area contributed by atoms with Crippen molar-refractivity contribution in [2.24, 2.45) is 5.11 Å². The summed E-state index contributed by atoms with van der Waals surface area (Å²) in [7, 11) is 0. The lowest BCUT2D eigenvalue weighted by molar-refractivity contribution is 0.387. The molecule has 1 atom stereocenters. The van der Waals surface area contributed by atoms with Crippen molar-refractivity contribution in [3.8, 4) is 0 Å². The summed E-state index contributed by atoms with van der Waals surface area (Å²) in [4.78, 5) is 2.72. The zero-order valence-electron chi connectivity index (χ0n) is 8.69. The third-order valence-corrected chi connectivity index (χ3v) is 2.50. The zero-order chi connectivity index (χ0) is 10.1. The minimum absolute atomic E-state index is 0.597. The summed E-state index contributed by atoms with van der Waals surface area (Å²) in [6, 6.07) is 0. The number of azide groups is 1. The van der Waals surface area contributed by atoms with E-state index < -0.39 is 0 Å². The standard InChI is InChI=1S/C10H19N3O/c11-13-12-8-6-4-2-1-3-5-7-10-9-14-10/h10H,1-9H2. The number of hydrogen-bond donors (Lipinski definition) is 0. The first-order valence-electron chi connectivity index (χ1n) is 5.56. The summed E-state index contributed by atoms with van der Waals surface area (Å²) in [5.74, 6) is 0. The number of unbranched alkanes of at least 4 members (excludes halogenated alkanes) is 5. The Balaban J connectivity index is 1.68. The van der Waals surface area contributed by atoms with Crippen molar-refractivity contribution >= 4 is 0 Å². The summed E-state index contributed by atoms with van der Waals surface area (Å²) in [6.45, 7) is 1.65. The topological polar surface area (TPSA) is 61.3 Å². The SMILES string of the molecule is [N-]=[N+]=NCCCCCCCCC1CO1. The fourth-order valence-corrected chi connectivity index (χ4v) is 1.54. The zero-order valence-corrected chi connectivity index (χ0v) is 8.69. The molecule has 0 aromatic heterocycles. The van der Waals surface area contributed by atoms with Gasteiger partial charge in [-0.05, 0) is 18.4 Å². The molecule has 0 N–H and O–H groups in total. The molecule has 0 bridgehead atoms. The molecule has 0 spiro atoms. The molecule has 1 unspecified atom stereocenters. The van der Waals surface area contributed by atoms with Crippen LogP contribution in [0, 0.1) is 0 Å². The van der Waals surface area contributed by atoms with E-state index in [4.69, 9.17) is 10.3 Å². The molecule has 4 nitrogen and oxygen atoms in total. The van der Waals surface area contributed by atoms with E-state index in [9.17, 15) is 0 Å². The van der Waals surface area contributed by atoms with E-state index in [0.29, 0.717) is 12.6 Å². The summed E-state index contributed by atoms with van der Waals surface area (Å²) >= 11 is 0. The third-order valence-electron chi connectivity index (χ3n) is 2.50. The molecule has 0 radical (unpaired) electrons. The molecule has 0 saturated carbocycles. The molecule has 1 rings (SSSR count). The maximum Gasteiger partial charge on any atom is 0.0810 e. The van der Waals surface area contributed by atoms with Crippen LogP contribution in [0.1, 0.15) is 44.9 Å². The number of epoxide rings is 1. The van der Waals surface area contributed by atoms with Gasteiger partial charge in [0, 0.05) is 11.5 Å². The number of rotatable bonds is 9. The van der Waals surface area contributed by atoms with Gasteiger partial charge in [-0.2, -0.15) is 0 Å². The van der Waals surface area contributed by atoms with Gasteiger partial charge in [0.25, 0.3) is 0 Å². The Morgan fingerprint density at radius 1 is 1.14 bits per heavy atom. The van der Waals surface area contributed by atoms with Crippen LogP contribution < -0.4 is 0 Å². The lowest BCUT2D eigenvalue weighted by atomic mass is 10.1. The van der Waals surface area contributed by atoms with Crippen molar-refractivity contribution < 1.29 is 4.74 Å². The largest absolute Gasteiger partial charge is 0.373 e. The highest BCUT2D eigenvalue weighted by Gasteiger charge is 2.20. The second-order valence-electron chi connectivity index (χ2n) is 3.82. The Kier molecular flexibility index (Phi) is 6.20. The number of hydrogen-bond acceptors (Lipinski definition) is 2. The molecule has 1 heterocycles. The second kappa shape index (κ2) is 7.65. The predicted molar refractivity (Wildman–Crippen MR) is 56.1 cm³/mol. The molecule has 80 valence electrons. The fraction of sp³-hybridized carbons (Fsp3) is 1.00. The van der Waals surface area contributed by atoms with Gasteiger partial charge in [-0.25, -0.2) is 0 Å². The van der Waals surface area contributed by atoms with E-state index in [0.717, 1.165) is 13.0 Å². The molecule has 1 fully saturated rings. The summed E-state index contributed by atoms with van der Waals surface area (Å²) in [5, 5.41) is 3.50. The van der Waals surface area contributed by atoms with Crippen LogP contribution in [0.4, 0.5) is 0 Å². The van der Waals surface area contributed by atoms with Gasteiger partial charge in [0.2, 0.25) is 0 Å². The average Bonchev–Trinajstić information content (AvgIpc) is 2.99. The Hall–Kier alpha value is -0.730. The van der Waals surface area contributed by atoms with E-state index in [1.54, 1.807) is 0 Å². The lowest BCUT2D eigenvalue weighted by Gasteiger charge is -1.99. The van der Waals surface area contributed by atoms with Crippen LogP contribution in [0.2, 0.25) is 0 Å². The van der Waals surface area contributed by atoms with E-state index in [2.05, 4.69) is 10.0 Å². The van der Waals surface area contributed by atoms with Gasteiger partial charge in [-0.1, -0.05) is 37.2 Å². The molecule has 0 aromatic rings. The van der Waals surface area contributed by atoms with E-state index >= 15 is 0 Å². The monoisotopic (exact) mass is 197 g/mol. The van der Waals surface area contributed by atoms with Gasteiger partial charge >= 0.3 is 0 Å². The van der Waals surface area contributed by atoms with Gasteiger partial charge in [-0.15, -0.1) is 0 Å². The highest BCUT2D eigenvalue weighted by molar-refractivity contribution is 4.68. The first-order chi connectivity index (χ1) is 6.93. The predicted octanol–water partition coefficient (Wildman–Crippen LogP) is 3.43. The quantitative estimate of drug-likeness (QED) is 0.184. The van der Waals surface area contributed by atoms with Crippen LogP contribution in [-0.2, 0) is 4.74 Å². The Morgan fingerprint density at radius 3 is 2.43 bits per heavy atom. The van der Waals surface area contributed by atoms with Gasteiger partial charge in [0.1, 0.15) is 0 Å². The third kappa shape index (κ3) is 6.75. The van der Waals surface area contributed by atoms with Gasteiger partial charge < -0.3 is 4.74 Å². The fourth-order valence-electron chi connectivity index (χ4n) is 1.54. The van der Waals surface area contributed by atoms with Crippen molar-refractivity contribution in [1.29, 1.82) is 0 Å². The first-order valence-corrected chi connectivity index (χ1v) is 5.56. The van der Waals surface area contributed by atoms with Crippen molar-refractivity contribution in [3.05, 3.63) is 10.4 Å². The van der Waals surface area contributed by atoms with Crippen LogP contribution in [0.3, 0.4) is 0 Å². The van der Waals surface area contributed by atoms with Crippen LogP contribution in [0.25, 0.3) is 10.4 Å². The van der Waals surface area contributed by atoms with Crippen LogP contribution in [-0.4, -0.2) is 19.3 Å². The molecule has 1 aliphatic rings. The van der Waals surface area contributed by atoms with Crippen molar-refractivity contribution in [3.63, 3.8) is 0 Å². The molecule has 4 heteroatoms. The van der Waals surface area contributed by atoms with E-state index in [-0.39, 0.29) is 0 Å². The highest BCUT2D eigenvalue weighted by atomic mass is 16.6. The van der Waals surface area contributed by atoms with Crippen molar-refractivity contribution in [2.75, 3.05) is 13.2 Å². The maximum atomic E-state index is 8.04.